The van der Waals surface area contributed by atoms with E-state index < -0.39 is 10.0 Å². The van der Waals surface area contributed by atoms with Crippen molar-refractivity contribution < 1.29 is 17.6 Å². The van der Waals surface area contributed by atoms with Crippen LogP contribution in [0.25, 0.3) is 0 Å². The second-order valence-electron chi connectivity index (χ2n) is 7.53. The SMILES string of the molecule is CC(c1ccc(F)cc1)N(C)CC(=O)Nc1cccc(S(=O)(=O)N(C)c2ccccc2)c1. The number of benzene rings is 3. The van der Waals surface area contributed by atoms with Crippen LogP contribution < -0.4 is 9.62 Å². The Bertz CT molecular complexity index is 1170. The lowest BCUT2D eigenvalue weighted by molar-refractivity contribution is -0.117. The van der Waals surface area contributed by atoms with E-state index in [0.29, 0.717) is 11.4 Å². The lowest BCUT2D eigenvalue weighted by atomic mass is 10.1. The molecule has 1 amide bonds. The van der Waals surface area contributed by atoms with Crippen LogP contribution in [0.4, 0.5) is 15.8 Å². The van der Waals surface area contributed by atoms with Crippen molar-refractivity contribution in [1.29, 1.82) is 0 Å². The predicted molar refractivity (Wildman–Crippen MR) is 125 cm³/mol. The molecule has 0 heterocycles. The van der Waals surface area contributed by atoms with Gasteiger partial charge in [0.05, 0.1) is 17.1 Å². The molecule has 3 rings (SSSR count). The first-order valence-electron chi connectivity index (χ1n) is 10.1. The number of para-hydroxylation sites is 1. The van der Waals surface area contributed by atoms with Crippen molar-refractivity contribution >= 4 is 27.3 Å². The first-order chi connectivity index (χ1) is 15.2. The van der Waals surface area contributed by atoms with Crippen molar-refractivity contribution in [3.8, 4) is 0 Å². The quantitative estimate of drug-likeness (QED) is 0.550. The molecule has 0 aliphatic heterocycles. The third-order valence-electron chi connectivity index (χ3n) is 5.30. The topological polar surface area (TPSA) is 69.7 Å². The summed E-state index contributed by atoms with van der Waals surface area (Å²) < 4.78 is 40.3. The fraction of sp³-hybridized carbons (Fsp3) is 0.208. The van der Waals surface area contributed by atoms with Crippen LogP contribution in [0.1, 0.15) is 18.5 Å². The Kier molecular flexibility index (Phi) is 7.27. The van der Waals surface area contributed by atoms with Crippen LogP contribution in [0.15, 0.2) is 83.8 Å². The Morgan fingerprint density at radius 1 is 0.969 bits per heavy atom. The molecule has 168 valence electrons. The number of hydrogen-bond acceptors (Lipinski definition) is 4. The summed E-state index contributed by atoms with van der Waals surface area (Å²) in [7, 11) is -0.503. The number of sulfonamides is 1. The van der Waals surface area contributed by atoms with E-state index in [-0.39, 0.29) is 29.2 Å². The zero-order valence-electron chi connectivity index (χ0n) is 18.2. The van der Waals surface area contributed by atoms with Crippen LogP contribution in [-0.2, 0) is 14.8 Å². The van der Waals surface area contributed by atoms with Crippen molar-refractivity contribution in [2.24, 2.45) is 0 Å². The van der Waals surface area contributed by atoms with Gasteiger partial charge in [0.2, 0.25) is 5.91 Å². The highest BCUT2D eigenvalue weighted by Gasteiger charge is 2.22. The van der Waals surface area contributed by atoms with Crippen LogP contribution in [0, 0.1) is 5.82 Å². The van der Waals surface area contributed by atoms with Crippen molar-refractivity contribution in [3.63, 3.8) is 0 Å². The second-order valence-corrected chi connectivity index (χ2v) is 9.50. The van der Waals surface area contributed by atoms with E-state index in [1.807, 2.05) is 17.9 Å². The molecule has 0 aromatic heterocycles. The zero-order chi connectivity index (χ0) is 23.3. The van der Waals surface area contributed by atoms with Gasteiger partial charge >= 0.3 is 0 Å². The molecule has 0 spiro atoms. The largest absolute Gasteiger partial charge is 0.325 e. The Morgan fingerprint density at radius 3 is 2.28 bits per heavy atom. The normalized spacial score (nSPS) is 12.4. The first kappa shape index (κ1) is 23.4. The summed E-state index contributed by atoms with van der Waals surface area (Å²) in [6.45, 7) is 2.01. The van der Waals surface area contributed by atoms with Gasteiger partial charge in [-0.25, -0.2) is 12.8 Å². The second kappa shape index (κ2) is 9.93. The number of likely N-dealkylation sites (N-methyl/N-ethyl adjacent to an activating group) is 1. The smallest absolute Gasteiger partial charge is 0.264 e. The number of anilines is 2. The summed E-state index contributed by atoms with van der Waals surface area (Å²) in [4.78, 5) is 14.5. The minimum absolute atomic E-state index is 0.0784. The molecule has 0 fully saturated rings. The molecule has 1 N–H and O–H groups in total. The number of nitrogens with zero attached hydrogens (tertiary/aromatic N) is 2. The fourth-order valence-corrected chi connectivity index (χ4v) is 4.47. The van der Waals surface area contributed by atoms with Crippen LogP contribution in [0.5, 0.6) is 0 Å². The molecule has 0 aliphatic rings. The van der Waals surface area contributed by atoms with E-state index in [2.05, 4.69) is 5.32 Å². The average molecular weight is 456 g/mol. The molecule has 0 saturated heterocycles. The number of carbonyl (C=O) groups is 1. The van der Waals surface area contributed by atoms with E-state index in [9.17, 15) is 17.6 Å². The number of nitrogens with one attached hydrogen (secondary N) is 1. The maximum Gasteiger partial charge on any atom is 0.264 e. The zero-order valence-corrected chi connectivity index (χ0v) is 19.0. The third kappa shape index (κ3) is 5.52. The van der Waals surface area contributed by atoms with Gasteiger partial charge < -0.3 is 5.32 Å². The minimum Gasteiger partial charge on any atom is -0.325 e. The van der Waals surface area contributed by atoms with Crippen LogP contribution in [0.2, 0.25) is 0 Å². The van der Waals surface area contributed by atoms with Crippen LogP contribution in [0.3, 0.4) is 0 Å². The molecule has 0 saturated carbocycles. The van der Waals surface area contributed by atoms with Crippen LogP contribution >= 0.6 is 0 Å². The summed E-state index contributed by atoms with van der Waals surface area (Å²) in [5.74, 6) is -0.596. The Morgan fingerprint density at radius 2 is 1.62 bits per heavy atom. The highest BCUT2D eigenvalue weighted by Crippen LogP contribution is 2.24. The molecule has 0 aliphatic carbocycles. The molecule has 6 nitrogen and oxygen atoms in total. The average Bonchev–Trinajstić information content (AvgIpc) is 2.79. The van der Waals surface area contributed by atoms with Crippen LogP contribution in [-0.4, -0.2) is 39.9 Å². The Hall–Kier alpha value is -3.23. The minimum atomic E-state index is -3.79. The molecule has 8 heteroatoms. The van der Waals surface area contributed by atoms with Gasteiger partial charge in [-0.3, -0.25) is 14.0 Å². The summed E-state index contributed by atoms with van der Waals surface area (Å²) >= 11 is 0. The lowest BCUT2D eigenvalue weighted by Crippen LogP contribution is -2.32. The number of rotatable bonds is 8. The fourth-order valence-electron chi connectivity index (χ4n) is 3.23. The summed E-state index contributed by atoms with van der Waals surface area (Å²) in [5, 5.41) is 2.76. The van der Waals surface area contributed by atoms with Gasteiger partial charge in [-0.05, 0) is 62.0 Å². The number of halogens is 1. The maximum absolute atomic E-state index is 13.1. The lowest BCUT2D eigenvalue weighted by Gasteiger charge is -2.24. The molecule has 3 aromatic carbocycles. The molecule has 0 bridgehead atoms. The van der Waals surface area contributed by atoms with Crippen molar-refractivity contribution in [3.05, 3.63) is 90.2 Å². The van der Waals surface area contributed by atoms with E-state index >= 15 is 0 Å². The van der Waals surface area contributed by atoms with E-state index in [4.69, 9.17) is 0 Å². The molecule has 3 aromatic rings. The van der Waals surface area contributed by atoms with Gasteiger partial charge in [0.25, 0.3) is 10.0 Å². The maximum atomic E-state index is 13.1. The summed E-state index contributed by atoms with van der Waals surface area (Å²) in [6.07, 6.45) is 0. The van der Waals surface area contributed by atoms with Gasteiger partial charge in [0, 0.05) is 18.8 Å². The Balaban J connectivity index is 1.68. The molecule has 1 atom stereocenters. The highest BCUT2D eigenvalue weighted by atomic mass is 32.2. The van der Waals surface area contributed by atoms with E-state index in [1.54, 1.807) is 55.6 Å². The van der Waals surface area contributed by atoms with Gasteiger partial charge in [-0.1, -0.05) is 36.4 Å². The monoisotopic (exact) mass is 455 g/mol. The molecule has 32 heavy (non-hydrogen) atoms. The van der Waals surface area contributed by atoms with Gasteiger partial charge in [-0.2, -0.15) is 0 Å². The summed E-state index contributed by atoms with van der Waals surface area (Å²) in [6, 6.07) is 21.0. The molecular formula is C24H26FN3O3S. The van der Waals surface area contributed by atoms with Crippen molar-refractivity contribution in [1.82, 2.24) is 4.90 Å². The molecule has 1 unspecified atom stereocenters. The van der Waals surface area contributed by atoms with Crippen molar-refractivity contribution in [2.45, 2.75) is 17.9 Å². The standard InChI is InChI=1S/C24H26FN3O3S/c1-18(19-12-14-20(25)15-13-19)27(2)17-24(29)26-21-8-7-11-23(16-21)32(30,31)28(3)22-9-5-4-6-10-22/h4-16,18H,17H2,1-3H3,(H,26,29). The molecular weight excluding hydrogens is 429 g/mol. The van der Waals surface area contributed by atoms with Gasteiger partial charge in [-0.15, -0.1) is 0 Å². The first-order valence-corrected chi connectivity index (χ1v) is 11.5. The van der Waals surface area contributed by atoms with Crippen molar-refractivity contribution in [2.75, 3.05) is 30.3 Å². The van der Waals surface area contributed by atoms with E-state index in [0.717, 1.165) is 5.56 Å². The molecule has 0 radical (unpaired) electrons. The number of hydrogen-bond donors (Lipinski definition) is 1. The predicted octanol–water partition coefficient (Wildman–Crippen LogP) is 4.28. The van der Waals surface area contributed by atoms with Gasteiger partial charge in [0.1, 0.15) is 5.82 Å². The third-order valence-corrected chi connectivity index (χ3v) is 7.08. The number of amides is 1. The van der Waals surface area contributed by atoms with E-state index in [1.165, 1.54) is 35.6 Å². The Labute approximate surface area is 188 Å². The summed E-state index contributed by atoms with van der Waals surface area (Å²) in [5.41, 5.74) is 1.82. The highest BCUT2D eigenvalue weighted by molar-refractivity contribution is 7.92. The van der Waals surface area contributed by atoms with Gasteiger partial charge in [0.15, 0.2) is 0 Å². The number of carbonyl (C=O) groups excluding carboxylic acids is 1.